The molecule has 11 heteroatoms. The predicted octanol–water partition coefficient (Wildman–Crippen LogP) is 4.73. The van der Waals surface area contributed by atoms with E-state index < -0.39 is 48.3 Å². The summed E-state index contributed by atoms with van der Waals surface area (Å²) in [5, 5.41) is 6.03. The van der Waals surface area contributed by atoms with Gasteiger partial charge < -0.3 is 20.5 Å². The first-order valence-corrected chi connectivity index (χ1v) is 14.6. The van der Waals surface area contributed by atoms with Crippen molar-refractivity contribution >= 4 is 34.7 Å². The van der Waals surface area contributed by atoms with Crippen molar-refractivity contribution in [1.29, 1.82) is 0 Å². The lowest BCUT2D eigenvalue weighted by molar-refractivity contribution is -0.138. The molecule has 2 fully saturated rings. The molecule has 3 N–H and O–H groups in total. The molecule has 3 amide bonds. The number of nitrogens with one attached hydrogen (secondary N) is 3. The van der Waals surface area contributed by atoms with Crippen molar-refractivity contribution in [3.8, 4) is 11.3 Å². The average Bonchev–Trinajstić information content (AvgIpc) is 3.51. The van der Waals surface area contributed by atoms with Gasteiger partial charge in [-0.1, -0.05) is 30.4 Å². The highest BCUT2D eigenvalue weighted by Crippen LogP contribution is 2.33. The van der Waals surface area contributed by atoms with Crippen molar-refractivity contribution < 1.29 is 23.2 Å². The fourth-order valence-electron chi connectivity index (χ4n) is 5.48. The van der Waals surface area contributed by atoms with Gasteiger partial charge in [-0.25, -0.2) is 18.7 Å². The molecule has 226 valence electrons. The molecule has 3 heterocycles. The third-order valence-electron chi connectivity index (χ3n) is 8.05. The van der Waals surface area contributed by atoms with Crippen molar-refractivity contribution in [3.05, 3.63) is 89.8 Å². The van der Waals surface area contributed by atoms with Gasteiger partial charge in [0.2, 0.25) is 11.8 Å². The van der Waals surface area contributed by atoms with Crippen LogP contribution >= 0.6 is 0 Å². The number of nitrogens with zero attached hydrogens (tertiary/aromatic N) is 3. The second kappa shape index (κ2) is 12.4. The van der Waals surface area contributed by atoms with E-state index in [2.05, 4.69) is 37.7 Å². The molecule has 2 aromatic carbocycles. The number of aromatic amines is 1. The molecule has 6 rings (SSSR count). The van der Waals surface area contributed by atoms with Gasteiger partial charge in [-0.3, -0.25) is 14.4 Å². The number of halogens is 2. The predicted molar refractivity (Wildman–Crippen MR) is 161 cm³/mol. The van der Waals surface area contributed by atoms with E-state index in [9.17, 15) is 23.2 Å². The summed E-state index contributed by atoms with van der Waals surface area (Å²) in [7, 11) is 0. The molecule has 3 atom stereocenters. The molecule has 1 aliphatic carbocycles. The van der Waals surface area contributed by atoms with Gasteiger partial charge in [0.1, 0.15) is 23.7 Å². The summed E-state index contributed by atoms with van der Waals surface area (Å²) in [6, 6.07) is 11.5. The van der Waals surface area contributed by atoms with Crippen LogP contribution in [0, 0.1) is 11.7 Å². The second-order valence-electron chi connectivity index (χ2n) is 11.3. The first kappa shape index (κ1) is 29.2. The highest BCUT2D eigenvalue weighted by atomic mass is 19.1. The van der Waals surface area contributed by atoms with E-state index >= 15 is 0 Å². The number of hydrogen-bond acceptors (Lipinski definition) is 5. The van der Waals surface area contributed by atoms with E-state index in [1.165, 1.54) is 42.0 Å². The van der Waals surface area contributed by atoms with Gasteiger partial charge in [0.05, 0.1) is 42.9 Å². The zero-order valence-electron chi connectivity index (χ0n) is 24.1. The van der Waals surface area contributed by atoms with Gasteiger partial charge in [-0.15, -0.1) is 0 Å². The Kier molecular flexibility index (Phi) is 8.19. The van der Waals surface area contributed by atoms with E-state index in [-0.39, 0.29) is 18.7 Å². The van der Waals surface area contributed by atoms with E-state index in [0.717, 1.165) is 22.4 Å². The highest BCUT2D eigenvalue weighted by Gasteiger charge is 2.40. The van der Waals surface area contributed by atoms with Crippen molar-refractivity contribution in [1.82, 2.24) is 30.5 Å². The van der Waals surface area contributed by atoms with Gasteiger partial charge in [-0.2, -0.15) is 0 Å². The molecule has 1 saturated heterocycles. The molecule has 44 heavy (non-hydrogen) atoms. The number of carbonyl (C=O) groups excluding carboxylic acids is 3. The standard InChI is InChI=1S/C33H32F2N6O3/c1-19(26-13-23(29-15-36-18-38-29)7-6-21(26)5-4-20-2-3-20)39-33(44)30-14-25(35)17-41(30)31(42)16-37-32(43)28-10-8-22-12-24(34)9-11-27(22)40-28/h4-13,15,18-20,25,30H,2-3,14,16-17H2,1H3,(H,36,38)(H,37,43)(H,39,44)/b5-4+/t19-,25+,30-/m0/s1. The topological polar surface area (TPSA) is 120 Å². The van der Waals surface area contributed by atoms with E-state index in [1.54, 1.807) is 18.6 Å². The molecule has 0 unspecified atom stereocenters. The van der Waals surface area contributed by atoms with Crippen LogP contribution in [0.2, 0.25) is 0 Å². The van der Waals surface area contributed by atoms with Gasteiger partial charge in [0, 0.05) is 11.8 Å². The minimum Gasteiger partial charge on any atom is -0.348 e. The number of hydrogen-bond donors (Lipinski definition) is 3. The van der Waals surface area contributed by atoms with Crippen LogP contribution in [-0.2, 0) is 9.59 Å². The lowest BCUT2D eigenvalue weighted by Gasteiger charge is -2.26. The van der Waals surface area contributed by atoms with Crippen LogP contribution in [0.4, 0.5) is 8.78 Å². The van der Waals surface area contributed by atoms with Crippen LogP contribution < -0.4 is 10.6 Å². The Morgan fingerprint density at radius 1 is 1.14 bits per heavy atom. The number of imidazole rings is 1. The van der Waals surface area contributed by atoms with Crippen molar-refractivity contribution in [2.75, 3.05) is 13.1 Å². The maximum Gasteiger partial charge on any atom is 0.270 e. The molecule has 4 aromatic rings. The van der Waals surface area contributed by atoms with Crippen LogP contribution in [0.5, 0.6) is 0 Å². The zero-order chi connectivity index (χ0) is 30.8. The van der Waals surface area contributed by atoms with Crippen LogP contribution in [-0.4, -0.2) is 62.9 Å². The quantitative estimate of drug-likeness (QED) is 0.257. The van der Waals surface area contributed by atoms with Gasteiger partial charge >= 0.3 is 0 Å². The molecule has 9 nitrogen and oxygen atoms in total. The molecule has 0 spiro atoms. The van der Waals surface area contributed by atoms with Gasteiger partial charge in [0.25, 0.3) is 5.91 Å². The van der Waals surface area contributed by atoms with Crippen LogP contribution in [0.3, 0.4) is 0 Å². The van der Waals surface area contributed by atoms with Crippen LogP contribution in [0.25, 0.3) is 28.2 Å². The largest absolute Gasteiger partial charge is 0.348 e. The summed E-state index contributed by atoms with van der Waals surface area (Å²) in [5.41, 5.74) is 4.07. The van der Waals surface area contributed by atoms with Crippen LogP contribution in [0.1, 0.15) is 53.8 Å². The Balaban J connectivity index is 1.13. The maximum atomic E-state index is 14.6. The smallest absolute Gasteiger partial charge is 0.270 e. The SMILES string of the molecule is C[C@H](NC(=O)[C@@H]1C[C@@H](F)CN1C(=O)CNC(=O)c1ccc2cc(F)ccc2n1)c1cc(-c2cnc[nH]2)ccc1/C=C/C1CC1. The lowest BCUT2D eigenvalue weighted by atomic mass is 9.96. The minimum absolute atomic E-state index is 0.0497. The monoisotopic (exact) mass is 598 g/mol. The summed E-state index contributed by atoms with van der Waals surface area (Å²) < 4.78 is 28.0. The van der Waals surface area contributed by atoms with Crippen LogP contribution in [0.15, 0.2) is 67.1 Å². The number of alkyl halides is 1. The van der Waals surface area contributed by atoms with Crippen molar-refractivity contribution in [2.45, 2.75) is 44.4 Å². The third-order valence-corrected chi connectivity index (χ3v) is 8.05. The molecule has 1 saturated carbocycles. The normalized spacial score (nSPS) is 18.9. The first-order chi connectivity index (χ1) is 21.2. The molecule has 0 bridgehead atoms. The Morgan fingerprint density at radius 2 is 1.98 bits per heavy atom. The Hall–Kier alpha value is -4.93. The lowest BCUT2D eigenvalue weighted by Crippen LogP contribution is -2.49. The maximum absolute atomic E-state index is 14.6. The van der Waals surface area contributed by atoms with Gasteiger partial charge in [0.15, 0.2) is 0 Å². The van der Waals surface area contributed by atoms with Crippen molar-refractivity contribution in [2.24, 2.45) is 5.92 Å². The summed E-state index contributed by atoms with van der Waals surface area (Å²) in [5.74, 6) is -1.51. The number of benzene rings is 2. The number of aromatic nitrogens is 3. The Labute approximate surface area is 252 Å². The Bertz CT molecular complexity index is 1740. The van der Waals surface area contributed by atoms with Gasteiger partial charge in [-0.05, 0) is 72.7 Å². The molecular weight excluding hydrogens is 566 g/mol. The molecular formula is C33H32F2N6O3. The van der Waals surface area contributed by atoms with E-state index in [4.69, 9.17) is 0 Å². The fourth-order valence-corrected chi connectivity index (χ4v) is 5.48. The number of amides is 3. The molecule has 2 aromatic heterocycles. The number of allylic oxidation sites excluding steroid dienone is 1. The first-order valence-electron chi connectivity index (χ1n) is 14.6. The molecule has 2 aliphatic rings. The molecule has 0 radical (unpaired) electrons. The zero-order valence-corrected chi connectivity index (χ0v) is 24.1. The number of pyridine rings is 1. The minimum atomic E-state index is -1.37. The number of fused-ring (bicyclic) bond motifs is 1. The summed E-state index contributed by atoms with van der Waals surface area (Å²) in [6.45, 7) is 1.18. The van der Waals surface area contributed by atoms with E-state index in [0.29, 0.717) is 16.8 Å². The number of H-pyrrole nitrogens is 1. The number of carbonyl (C=O) groups is 3. The Morgan fingerprint density at radius 3 is 2.75 bits per heavy atom. The summed E-state index contributed by atoms with van der Waals surface area (Å²) in [6.07, 6.45) is 8.40. The van der Waals surface area contributed by atoms with Crippen molar-refractivity contribution in [3.63, 3.8) is 0 Å². The molecule has 1 aliphatic heterocycles. The summed E-state index contributed by atoms with van der Waals surface area (Å²) >= 11 is 0. The van der Waals surface area contributed by atoms with E-state index in [1.807, 2.05) is 25.1 Å². The fraction of sp³-hybridized carbons (Fsp3) is 0.303. The highest BCUT2D eigenvalue weighted by molar-refractivity contribution is 5.97. The second-order valence-corrected chi connectivity index (χ2v) is 11.3. The number of rotatable bonds is 9. The average molecular weight is 599 g/mol. The number of likely N-dealkylation sites (tertiary alicyclic amines) is 1. The third kappa shape index (κ3) is 6.51. The summed E-state index contributed by atoms with van der Waals surface area (Å²) in [4.78, 5) is 51.9.